The molecule has 0 saturated carbocycles. The normalized spacial score (nSPS) is 22.4. The summed E-state index contributed by atoms with van der Waals surface area (Å²) in [6.45, 7) is 3.32. The van der Waals surface area contributed by atoms with E-state index in [2.05, 4.69) is 0 Å². The summed E-state index contributed by atoms with van der Waals surface area (Å²) in [4.78, 5) is -0.149. The van der Waals surface area contributed by atoms with Crippen LogP contribution in [0.25, 0.3) is 0 Å². The van der Waals surface area contributed by atoms with Crippen LogP contribution in [0.1, 0.15) is 17.5 Å². The van der Waals surface area contributed by atoms with Gasteiger partial charge in [-0.05, 0) is 38.1 Å². The minimum atomic E-state index is -4.21. The Morgan fingerprint density at radius 1 is 0.833 bits per heavy atom. The second-order valence-electron chi connectivity index (χ2n) is 6.99. The third-order valence-corrected chi connectivity index (χ3v) is 7.29. The Balaban J connectivity index is 1.84. The molecule has 1 heterocycles. The van der Waals surface area contributed by atoms with Crippen LogP contribution < -0.4 is 0 Å². The highest BCUT2D eigenvalue weighted by molar-refractivity contribution is 7.87. The predicted octanol–water partition coefficient (Wildman–Crippen LogP) is 2.46. The third-order valence-electron chi connectivity index (χ3n) is 4.59. The second kappa shape index (κ2) is 8.83. The van der Waals surface area contributed by atoms with E-state index in [1.54, 1.807) is 24.3 Å². The minimum absolute atomic E-state index is 0.0735. The van der Waals surface area contributed by atoms with Gasteiger partial charge in [-0.25, -0.2) is 0 Å². The molecule has 2 aromatic carbocycles. The highest BCUT2D eigenvalue weighted by Gasteiger charge is 2.39. The van der Waals surface area contributed by atoms with Crippen molar-refractivity contribution in [3.63, 3.8) is 0 Å². The van der Waals surface area contributed by atoms with E-state index in [4.69, 9.17) is 18.4 Å². The first-order chi connectivity index (χ1) is 14.1. The lowest BCUT2D eigenvalue weighted by Gasteiger charge is -2.32. The molecule has 2 aromatic rings. The average Bonchev–Trinajstić information content (AvgIpc) is 2.69. The molecule has 30 heavy (non-hydrogen) atoms. The first-order valence-corrected chi connectivity index (χ1v) is 11.9. The van der Waals surface area contributed by atoms with Gasteiger partial charge in [-0.3, -0.25) is 8.37 Å². The lowest BCUT2D eigenvalue weighted by molar-refractivity contribution is -0.0809. The Kier molecular flexibility index (Phi) is 6.59. The molecule has 0 spiro atoms. The Labute approximate surface area is 176 Å². The largest absolute Gasteiger partial charge is 0.360 e. The number of nitrogens with zero attached hydrogens (tertiary/aromatic N) is 1. The molecule has 0 aliphatic carbocycles. The van der Waals surface area contributed by atoms with Crippen LogP contribution in [0.15, 0.2) is 58.3 Å². The SMILES string of the molecule is Cc1ccc(S(=O)(=O)O[C@H]2C[C@H](C#N)OC[C@H]2OS(=O)(=O)c2ccc(C)cc2)cc1. The molecule has 1 fully saturated rings. The highest BCUT2D eigenvalue weighted by atomic mass is 32.2. The lowest BCUT2D eigenvalue weighted by Crippen LogP contribution is -2.45. The summed E-state index contributed by atoms with van der Waals surface area (Å²) in [6.07, 6.45) is -3.54. The van der Waals surface area contributed by atoms with E-state index in [1.807, 2.05) is 19.9 Å². The van der Waals surface area contributed by atoms with Gasteiger partial charge >= 0.3 is 0 Å². The van der Waals surface area contributed by atoms with Gasteiger partial charge in [0, 0.05) is 6.42 Å². The smallest absolute Gasteiger partial charge is 0.297 e. The molecule has 0 aromatic heterocycles. The summed E-state index contributed by atoms with van der Waals surface area (Å²) in [5.41, 5.74) is 1.74. The van der Waals surface area contributed by atoms with Crippen molar-refractivity contribution in [2.75, 3.05) is 6.61 Å². The molecule has 10 heteroatoms. The highest BCUT2D eigenvalue weighted by Crippen LogP contribution is 2.27. The number of hydrogen-bond acceptors (Lipinski definition) is 8. The molecule has 160 valence electrons. The number of rotatable bonds is 6. The van der Waals surface area contributed by atoms with Gasteiger partial charge < -0.3 is 4.74 Å². The molecule has 8 nitrogen and oxygen atoms in total. The fourth-order valence-corrected chi connectivity index (χ4v) is 5.07. The van der Waals surface area contributed by atoms with Crippen LogP contribution in [-0.2, 0) is 33.3 Å². The zero-order valence-corrected chi connectivity index (χ0v) is 18.0. The van der Waals surface area contributed by atoms with E-state index < -0.39 is 38.5 Å². The van der Waals surface area contributed by atoms with Gasteiger partial charge in [0.1, 0.15) is 18.3 Å². The number of nitriles is 1. The monoisotopic (exact) mass is 451 g/mol. The van der Waals surface area contributed by atoms with Gasteiger partial charge in [-0.15, -0.1) is 0 Å². The van der Waals surface area contributed by atoms with Crippen LogP contribution in [-0.4, -0.2) is 41.8 Å². The van der Waals surface area contributed by atoms with E-state index in [9.17, 15) is 16.8 Å². The minimum Gasteiger partial charge on any atom is -0.360 e. The summed E-state index contributed by atoms with van der Waals surface area (Å²) >= 11 is 0. The molecule has 1 aliphatic heterocycles. The fourth-order valence-electron chi connectivity index (χ4n) is 2.88. The van der Waals surface area contributed by atoms with Crippen LogP contribution in [0.2, 0.25) is 0 Å². The van der Waals surface area contributed by atoms with Gasteiger partial charge in [-0.2, -0.15) is 22.1 Å². The van der Waals surface area contributed by atoms with Gasteiger partial charge in [0.05, 0.1) is 22.5 Å². The molecule has 0 amide bonds. The summed E-state index contributed by atoms with van der Waals surface area (Å²) in [6, 6.07) is 13.9. The van der Waals surface area contributed by atoms with Crippen molar-refractivity contribution in [2.24, 2.45) is 0 Å². The molecule has 0 radical (unpaired) electrons. The summed E-state index contributed by atoms with van der Waals surface area (Å²) in [5, 5.41) is 9.14. The van der Waals surface area contributed by atoms with E-state index >= 15 is 0 Å². The van der Waals surface area contributed by atoms with E-state index in [1.165, 1.54) is 24.3 Å². The maximum Gasteiger partial charge on any atom is 0.297 e. The van der Waals surface area contributed by atoms with Crippen molar-refractivity contribution in [3.8, 4) is 6.07 Å². The molecular formula is C20H21NO7S2. The van der Waals surface area contributed by atoms with Crippen molar-refractivity contribution in [1.29, 1.82) is 5.26 Å². The van der Waals surface area contributed by atoms with Crippen molar-refractivity contribution in [3.05, 3.63) is 59.7 Å². The molecular weight excluding hydrogens is 430 g/mol. The maximum atomic E-state index is 12.7. The van der Waals surface area contributed by atoms with Crippen LogP contribution in [0.4, 0.5) is 0 Å². The predicted molar refractivity (Wildman–Crippen MR) is 106 cm³/mol. The molecule has 0 bridgehead atoms. The molecule has 1 aliphatic rings. The molecule has 3 atom stereocenters. The van der Waals surface area contributed by atoms with Gasteiger partial charge in [0.15, 0.2) is 0 Å². The molecule has 0 N–H and O–H groups in total. The van der Waals surface area contributed by atoms with E-state index in [-0.39, 0.29) is 22.8 Å². The van der Waals surface area contributed by atoms with Crippen LogP contribution in [0.5, 0.6) is 0 Å². The Hall–Kier alpha value is -2.29. The summed E-state index contributed by atoms with van der Waals surface area (Å²) in [5.74, 6) is 0. The number of aryl methyl sites for hydroxylation is 2. The molecule has 1 saturated heterocycles. The summed E-state index contributed by atoms with van der Waals surface area (Å²) in [7, 11) is -8.40. The zero-order chi connectivity index (χ0) is 21.9. The van der Waals surface area contributed by atoms with Crippen molar-refractivity contribution >= 4 is 20.2 Å². The summed E-state index contributed by atoms with van der Waals surface area (Å²) < 4.78 is 66.5. The van der Waals surface area contributed by atoms with Crippen molar-refractivity contribution < 1.29 is 29.9 Å². The van der Waals surface area contributed by atoms with Crippen LogP contribution >= 0.6 is 0 Å². The van der Waals surface area contributed by atoms with Crippen molar-refractivity contribution in [1.82, 2.24) is 0 Å². The number of hydrogen-bond donors (Lipinski definition) is 0. The second-order valence-corrected chi connectivity index (χ2v) is 10.1. The first-order valence-electron chi connectivity index (χ1n) is 9.12. The Morgan fingerprint density at radius 2 is 1.27 bits per heavy atom. The Morgan fingerprint density at radius 3 is 1.70 bits per heavy atom. The number of ether oxygens (including phenoxy) is 1. The van der Waals surface area contributed by atoms with Gasteiger partial charge in [-0.1, -0.05) is 35.4 Å². The fraction of sp³-hybridized carbons (Fsp3) is 0.350. The van der Waals surface area contributed by atoms with E-state index in [0.29, 0.717) is 0 Å². The third kappa shape index (κ3) is 5.24. The first kappa shape index (κ1) is 22.4. The zero-order valence-electron chi connectivity index (χ0n) is 16.4. The molecule has 0 unspecified atom stereocenters. The molecule has 3 rings (SSSR count). The average molecular weight is 452 g/mol. The maximum absolute atomic E-state index is 12.7. The quantitative estimate of drug-likeness (QED) is 0.614. The topological polar surface area (TPSA) is 120 Å². The lowest BCUT2D eigenvalue weighted by atomic mass is 10.1. The van der Waals surface area contributed by atoms with Crippen LogP contribution in [0.3, 0.4) is 0 Å². The van der Waals surface area contributed by atoms with Gasteiger partial charge in [0.2, 0.25) is 0 Å². The standard InChI is InChI=1S/C20H21NO7S2/c1-14-3-7-17(8-4-14)29(22,23)27-19-11-16(12-21)26-13-20(19)28-30(24,25)18-9-5-15(2)6-10-18/h3-10,16,19-20H,11,13H2,1-2H3/t16-,19+,20-/m1/s1. The van der Waals surface area contributed by atoms with E-state index in [0.717, 1.165) is 11.1 Å². The van der Waals surface area contributed by atoms with Crippen molar-refractivity contribution in [2.45, 2.75) is 48.4 Å². The Bertz CT molecular complexity index is 1140. The van der Waals surface area contributed by atoms with Gasteiger partial charge in [0.25, 0.3) is 20.2 Å². The van der Waals surface area contributed by atoms with Crippen LogP contribution in [0, 0.1) is 25.2 Å². The number of benzene rings is 2.